The van der Waals surface area contributed by atoms with Crippen LogP contribution in [-0.4, -0.2) is 29.8 Å². The van der Waals surface area contributed by atoms with Crippen molar-refractivity contribution in [3.8, 4) is 0 Å². The van der Waals surface area contributed by atoms with Crippen LogP contribution in [0.25, 0.3) is 0 Å². The van der Waals surface area contributed by atoms with Crippen LogP contribution < -0.4 is 5.32 Å². The maximum Gasteiger partial charge on any atom is 0.251 e. The largest absolute Gasteiger partial charge is 0.352 e. The van der Waals surface area contributed by atoms with E-state index in [9.17, 15) is 14.0 Å². The number of benzene rings is 2. The van der Waals surface area contributed by atoms with Gasteiger partial charge in [0.1, 0.15) is 5.82 Å². The van der Waals surface area contributed by atoms with Crippen molar-refractivity contribution in [3.05, 3.63) is 71.0 Å². The van der Waals surface area contributed by atoms with Crippen molar-refractivity contribution in [2.24, 2.45) is 0 Å². The Morgan fingerprint density at radius 3 is 2.67 bits per heavy atom. The number of hydrogen-bond acceptors (Lipinski definition) is 2. The molecule has 0 aromatic heterocycles. The first kappa shape index (κ1) is 16.2. The average Bonchev–Trinajstić information content (AvgIpc) is 2.61. The highest BCUT2D eigenvalue weighted by Gasteiger charge is 2.20. The minimum atomic E-state index is -0.453. The molecule has 124 valence electrons. The van der Waals surface area contributed by atoms with Gasteiger partial charge >= 0.3 is 0 Å². The fraction of sp³-hybridized carbons (Fsp3) is 0.263. The van der Waals surface area contributed by atoms with Crippen molar-refractivity contribution in [1.29, 1.82) is 0 Å². The van der Waals surface area contributed by atoms with E-state index in [0.717, 1.165) is 6.42 Å². The van der Waals surface area contributed by atoms with Gasteiger partial charge in [-0.1, -0.05) is 30.3 Å². The molecule has 2 amide bonds. The molecule has 1 heterocycles. The fourth-order valence-corrected chi connectivity index (χ4v) is 2.88. The van der Waals surface area contributed by atoms with Gasteiger partial charge in [-0.25, -0.2) is 4.39 Å². The maximum absolute atomic E-state index is 13.1. The molecule has 24 heavy (non-hydrogen) atoms. The molecular formula is C19H19FN2O2. The van der Waals surface area contributed by atoms with Crippen molar-refractivity contribution in [3.63, 3.8) is 0 Å². The Morgan fingerprint density at radius 1 is 1.08 bits per heavy atom. The van der Waals surface area contributed by atoms with Crippen LogP contribution in [0.1, 0.15) is 27.9 Å². The SMILES string of the molecule is O=C(NCCC(=O)N1CCc2ccccc2C1)c1cccc(F)c1. The molecule has 2 aromatic rings. The molecule has 0 fully saturated rings. The molecule has 1 aliphatic heterocycles. The van der Waals surface area contributed by atoms with E-state index in [1.54, 1.807) is 6.07 Å². The number of halogens is 1. The lowest BCUT2D eigenvalue weighted by atomic mass is 10.00. The number of hydrogen-bond donors (Lipinski definition) is 1. The molecule has 0 radical (unpaired) electrons. The van der Waals surface area contributed by atoms with E-state index in [4.69, 9.17) is 0 Å². The number of fused-ring (bicyclic) bond motifs is 1. The summed E-state index contributed by atoms with van der Waals surface area (Å²) in [6.07, 6.45) is 1.10. The zero-order valence-electron chi connectivity index (χ0n) is 13.3. The minimum absolute atomic E-state index is 0.0176. The van der Waals surface area contributed by atoms with E-state index < -0.39 is 5.82 Å². The number of carbonyl (C=O) groups excluding carboxylic acids is 2. The molecule has 0 spiro atoms. The van der Waals surface area contributed by atoms with Gasteiger partial charge < -0.3 is 10.2 Å². The Morgan fingerprint density at radius 2 is 1.88 bits per heavy atom. The summed E-state index contributed by atoms with van der Waals surface area (Å²) in [4.78, 5) is 26.0. The van der Waals surface area contributed by atoms with Crippen LogP contribution in [0.5, 0.6) is 0 Å². The van der Waals surface area contributed by atoms with E-state index >= 15 is 0 Å². The van der Waals surface area contributed by atoms with Crippen LogP contribution in [0.3, 0.4) is 0 Å². The van der Waals surface area contributed by atoms with Gasteiger partial charge in [-0.2, -0.15) is 0 Å². The first-order chi connectivity index (χ1) is 11.6. The average molecular weight is 326 g/mol. The third kappa shape index (κ3) is 3.79. The predicted octanol–water partition coefficient (Wildman–Crippen LogP) is 2.53. The van der Waals surface area contributed by atoms with Gasteiger partial charge in [0.05, 0.1) is 0 Å². The molecule has 5 heteroatoms. The van der Waals surface area contributed by atoms with Crippen LogP contribution in [0.4, 0.5) is 4.39 Å². The van der Waals surface area contributed by atoms with Crippen LogP contribution >= 0.6 is 0 Å². The van der Waals surface area contributed by atoms with Crippen LogP contribution in [0.2, 0.25) is 0 Å². The summed E-state index contributed by atoms with van der Waals surface area (Å²) < 4.78 is 13.1. The van der Waals surface area contributed by atoms with Crippen molar-refractivity contribution in [1.82, 2.24) is 10.2 Å². The second-order valence-corrected chi connectivity index (χ2v) is 5.85. The second-order valence-electron chi connectivity index (χ2n) is 5.85. The molecule has 1 aliphatic rings. The molecule has 0 bridgehead atoms. The molecule has 2 aromatic carbocycles. The van der Waals surface area contributed by atoms with Crippen LogP contribution in [0, 0.1) is 5.82 Å². The summed E-state index contributed by atoms with van der Waals surface area (Å²) in [5.74, 6) is -0.805. The monoisotopic (exact) mass is 326 g/mol. The normalized spacial score (nSPS) is 13.3. The van der Waals surface area contributed by atoms with E-state index in [1.807, 2.05) is 23.1 Å². The molecule has 0 aliphatic carbocycles. The molecule has 0 saturated carbocycles. The Balaban J connectivity index is 1.49. The summed E-state index contributed by atoms with van der Waals surface area (Å²) in [5, 5.41) is 2.66. The van der Waals surface area contributed by atoms with Crippen LogP contribution in [-0.2, 0) is 17.8 Å². The molecule has 4 nitrogen and oxygen atoms in total. The first-order valence-electron chi connectivity index (χ1n) is 8.02. The second kappa shape index (κ2) is 7.25. The van der Waals surface area contributed by atoms with Gasteiger partial charge in [0.15, 0.2) is 0 Å². The third-order valence-electron chi connectivity index (χ3n) is 4.19. The smallest absolute Gasteiger partial charge is 0.251 e. The third-order valence-corrected chi connectivity index (χ3v) is 4.19. The summed E-state index contributed by atoms with van der Waals surface area (Å²) in [5.41, 5.74) is 2.73. The molecular weight excluding hydrogens is 307 g/mol. The Hall–Kier alpha value is -2.69. The number of nitrogens with zero attached hydrogens (tertiary/aromatic N) is 1. The van der Waals surface area contributed by atoms with E-state index in [-0.39, 0.29) is 30.3 Å². The predicted molar refractivity (Wildman–Crippen MR) is 88.9 cm³/mol. The van der Waals surface area contributed by atoms with E-state index in [2.05, 4.69) is 11.4 Å². The summed E-state index contributed by atoms with van der Waals surface area (Å²) in [7, 11) is 0. The lowest BCUT2D eigenvalue weighted by Crippen LogP contribution is -2.38. The minimum Gasteiger partial charge on any atom is -0.352 e. The fourth-order valence-electron chi connectivity index (χ4n) is 2.88. The highest BCUT2D eigenvalue weighted by molar-refractivity contribution is 5.94. The Labute approximate surface area is 140 Å². The molecule has 0 unspecified atom stereocenters. The number of rotatable bonds is 4. The highest BCUT2D eigenvalue weighted by Crippen LogP contribution is 2.18. The quantitative estimate of drug-likeness (QED) is 0.939. The van der Waals surface area contributed by atoms with Gasteiger partial charge in [0.2, 0.25) is 5.91 Å². The van der Waals surface area contributed by atoms with Crippen molar-refractivity contribution in [2.45, 2.75) is 19.4 Å². The van der Waals surface area contributed by atoms with Crippen molar-refractivity contribution >= 4 is 11.8 Å². The highest BCUT2D eigenvalue weighted by atomic mass is 19.1. The Kier molecular flexibility index (Phi) is 4.89. The lowest BCUT2D eigenvalue weighted by molar-refractivity contribution is -0.131. The van der Waals surface area contributed by atoms with Crippen molar-refractivity contribution < 1.29 is 14.0 Å². The van der Waals surface area contributed by atoms with E-state index in [0.29, 0.717) is 13.1 Å². The topological polar surface area (TPSA) is 49.4 Å². The number of amides is 2. The van der Waals surface area contributed by atoms with Gasteiger partial charge in [-0.05, 0) is 35.7 Å². The first-order valence-corrected chi connectivity index (χ1v) is 8.02. The van der Waals surface area contributed by atoms with Gasteiger partial charge in [-0.15, -0.1) is 0 Å². The summed E-state index contributed by atoms with van der Waals surface area (Å²) in [6.45, 7) is 1.56. The molecule has 1 N–H and O–H groups in total. The maximum atomic E-state index is 13.1. The zero-order chi connectivity index (χ0) is 16.9. The lowest BCUT2D eigenvalue weighted by Gasteiger charge is -2.29. The van der Waals surface area contributed by atoms with Gasteiger partial charge in [0.25, 0.3) is 5.91 Å². The molecule has 0 atom stereocenters. The standard InChI is InChI=1S/C19H19FN2O2/c20-17-7-3-6-15(12-17)19(24)21-10-8-18(23)22-11-9-14-4-1-2-5-16(14)13-22/h1-7,12H,8-11,13H2,(H,21,24). The summed E-state index contributed by atoms with van der Waals surface area (Å²) in [6, 6.07) is 13.6. The number of carbonyl (C=O) groups is 2. The Bertz CT molecular complexity index is 761. The number of nitrogens with one attached hydrogen (secondary N) is 1. The summed E-state index contributed by atoms with van der Waals surface area (Å²) >= 11 is 0. The van der Waals surface area contributed by atoms with Crippen LogP contribution in [0.15, 0.2) is 48.5 Å². The van der Waals surface area contributed by atoms with Gasteiger partial charge in [0, 0.05) is 31.6 Å². The zero-order valence-corrected chi connectivity index (χ0v) is 13.3. The van der Waals surface area contributed by atoms with E-state index in [1.165, 1.54) is 29.3 Å². The molecule has 3 rings (SSSR count). The van der Waals surface area contributed by atoms with Crippen molar-refractivity contribution in [2.75, 3.05) is 13.1 Å². The molecule has 0 saturated heterocycles. The van der Waals surface area contributed by atoms with Gasteiger partial charge in [-0.3, -0.25) is 9.59 Å².